The van der Waals surface area contributed by atoms with Crippen LogP contribution in [0.2, 0.25) is 0 Å². The summed E-state index contributed by atoms with van der Waals surface area (Å²) in [6, 6.07) is 3.80. The number of piperidine rings is 1. The Morgan fingerprint density at radius 1 is 1.26 bits per heavy atom. The van der Waals surface area contributed by atoms with Gasteiger partial charge in [-0.3, -0.25) is 9.59 Å². The number of esters is 1. The zero-order valence-electron chi connectivity index (χ0n) is 13.9. The highest BCUT2D eigenvalue weighted by Crippen LogP contribution is 2.25. The lowest BCUT2D eigenvalue weighted by Gasteiger charge is -2.34. The van der Waals surface area contributed by atoms with Gasteiger partial charge >= 0.3 is 5.97 Å². The monoisotopic (exact) mass is 338 g/mol. The molecule has 1 amide bonds. The Hall–Kier alpha value is -1.43. The molecule has 1 saturated heterocycles. The van der Waals surface area contributed by atoms with Gasteiger partial charge in [-0.2, -0.15) is 11.8 Å². The molecule has 1 aliphatic rings. The highest BCUT2D eigenvalue weighted by molar-refractivity contribution is 7.98. The number of aromatic nitrogens is 1. The first-order chi connectivity index (χ1) is 11.2. The van der Waals surface area contributed by atoms with Gasteiger partial charge in [0.25, 0.3) is 0 Å². The van der Waals surface area contributed by atoms with E-state index in [-0.39, 0.29) is 17.9 Å². The van der Waals surface area contributed by atoms with Crippen molar-refractivity contribution in [2.45, 2.75) is 31.7 Å². The standard InChI is InChI=1S/C17H26N2O3S/c1-22-16(20)13-14-5-10-19(11-6-14)17(21)15(7-12-23-2)18-8-3-4-9-18/h3-4,8-9,14-15H,5-7,10-13H2,1-2H3. The van der Waals surface area contributed by atoms with Crippen LogP contribution in [0, 0.1) is 5.92 Å². The molecule has 23 heavy (non-hydrogen) atoms. The van der Waals surface area contributed by atoms with Gasteiger partial charge in [-0.1, -0.05) is 0 Å². The van der Waals surface area contributed by atoms with E-state index in [1.54, 1.807) is 11.8 Å². The van der Waals surface area contributed by atoms with Crippen LogP contribution in [0.5, 0.6) is 0 Å². The topological polar surface area (TPSA) is 51.5 Å². The predicted octanol–water partition coefficient (Wildman–Crippen LogP) is 2.58. The van der Waals surface area contributed by atoms with E-state index >= 15 is 0 Å². The van der Waals surface area contributed by atoms with Gasteiger partial charge in [0.05, 0.1) is 7.11 Å². The Morgan fingerprint density at radius 2 is 1.91 bits per heavy atom. The summed E-state index contributed by atoms with van der Waals surface area (Å²) >= 11 is 1.77. The quantitative estimate of drug-likeness (QED) is 0.717. The lowest BCUT2D eigenvalue weighted by Crippen LogP contribution is -2.42. The third kappa shape index (κ3) is 5.03. The summed E-state index contributed by atoms with van der Waals surface area (Å²) in [5.41, 5.74) is 0. The highest BCUT2D eigenvalue weighted by atomic mass is 32.2. The Balaban J connectivity index is 1.92. The SMILES string of the molecule is COC(=O)CC1CCN(C(=O)C(CCSC)n2cccc2)CC1. The van der Waals surface area contributed by atoms with Crippen LogP contribution >= 0.6 is 11.8 Å². The van der Waals surface area contributed by atoms with Gasteiger partial charge < -0.3 is 14.2 Å². The summed E-state index contributed by atoms with van der Waals surface area (Å²) in [6.45, 7) is 1.47. The molecule has 1 fully saturated rings. The van der Waals surface area contributed by atoms with Gasteiger partial charge in [-0.25, -0.2) is 0 Å². The first-order valence-electron chi connectivity index (χ1n) is 8.12. The lowest BCUT2D eigenvalue weighted by atomic mass is 9.93. The van der Waals surface area contributed by atoms with Gasteiger partial charge in [0, 0.05) is 31.9 Å². The lowest BCUT2D eigenvalue weighted by molar-refractivity contribution is -0.142. The van der Waals surface area contributed by atoms with Crippen LogP contribution < -0.4 is 0 Å². The Labute approximate surface area is 142 Å². The molecule has 1 aromatic heterocycles. The highest BCUT2D eigenvalue weighted by Gasteiger charge is 2.29. The molecule has 1 aromatic rings. The third-order valence-electron chi connectivity index (χ3n) is 4.48. The number of hydrogen-bond donors (Lipinski definition) is 0. The van der Waals surface area contributed by atoms with Crippen LogP contribution in [0.1, 0.15) is 31.7 Å². The van der Waals surface area contributed by atoms with Crippen molar-refractivity contribution in [3.63, 3.8) is 0 Å². The van der Waals surface area contributed by atoms with Gasteiger partial charge in [-0.05, 0) is 49.3 Å². The molecule has 0 aromatic carbocycles. The third-order valence-corrected chi connectivity index (χ3v) is 5.12. The second-order valence-corrected chi connectivity index (χ2v) is 6.96. The molecular formula is C17H26N2O3S. The summed E-state index contributed by atoms with van der Waals surface area (Å²) in [6.07, 6.45) is 9.06. The fourth-order valence-corrected chi connectivity index (χ4v) is 3.53. The maximum absolute atomic E-state index is 12.9. The largest absolute Gasteiger partial charge is 0.469 e. The second-order valence-electron chi connectivity index (χ2n) is 5.98. The molecule has 6 heteroatoms. The zero-order valence-corrected chi connectivity index (χ0v) is 14.8. The van der Waals surface area contributed by atoms with Crippen LogP contribution in [0.4, 0.5) is 0 Å². The molecule has 0 spiro atoms. The normalized spacial score (nSPS) is 17.0. The second kappa shape index (κ2) is 9.01. The van der Waals surface area contributed by atoms with Crippen molar-refractivity contribution in [3.8, 4) is 0 Å². The Kier molecular flexibility index (Phi) is 7.02. The average molecular weight is 338 g/mol. The van der Waals surface area contributed by atoms with E-state index < -0.39 is 0 Å². The maximum atomic E-state index is 12.9. The van der Waals surface area contributed by atoms with Crippen LogP contribution in [0.25, 0.3) is 0 Å². The van der Waals surface area contributed by atoms with Crippen molar-refractivity contribution < 1.29 is 14.3 Å². The molecule has 2 heterocycles. The summed E-state index contributed by atoms with van der Waals surface area (Å²) in [7, 11) is 1.43. The van der Waals surface area contributed by atoms with Crippen LogP contribution in [0.15, 0.2) is 24.5 Å². The van der Waals surface area contributed by atoms with E-state index in [9.17, 15) is 9.59 Å². The number of carbonyl (C=O) groups is 2. The number of rotatable bonds is 7. The molecule has 0 saturated carbocycles. The van der Waals surface area contributed by atoms with Crippen molar-refractivity contribution >= 4 is 23.6 Å². The number of ether oxygens (including phenoxy) is 1. The van der Waals surface area contributed by atoms with Crippen LogP contribution in [0.3, 0.4) is 0 Å². The number of carbonyl (C=O) groups excluding carboxylic acids is 2. The van der Waals surface area contributed by atoms with E-state index in [4.69, 9.17) is 4.74 Å². The molecule has 5 nitrogen and oxygen atoms in total. The predicted molar refractivity (Wildman–Crippen MR) is 92.4 cm³/mol. The van der Waals surface area contributed by atoms with Crippen molar-refractivity contribution in [2.24, 2.45) is 5.92 Å². The fourth-order valence-electron chi connectivity index (χ4n) is 3.07. The molecule has 1 aliphatic heterocycles. The molecule has 128 valence electrons. The number of nitrogens with zero attached hydrogens (tertiary/aromatic N) is 2. The molecule has 1 atom stereocenters. The van der Waals surface area contributed by atoms with Crippen molar-refractivity contribution in [1.82, 2.24) is 9.47 Å². The Morgan fingerprint density at radius 3 is 2.48 bits per heavy atom. The van der Waals surface area contributed by atoms with E-state index in [0.717, 1.165) is 38.1 Å². The van der Waals surface area contributed by atoms with E-state index in [2.05, 4.69) is 6.26 Å². The smallest absolute Gasteiger partial charge is 0.305 e. The molecule has 0 bridgehead atoms. The molecule has 1 unspecified atom stereocenters. The van der Waals surface area contributed by atoms with Crippen molar-refractivity contribution in [1.29, 1.82) is 0 Å². The zero-order chi connectivity index (χ0) is 16.7. The Bertz CT molecular complexity index is 496. The number of hydrogen-bond acceptors (Lipinski definition) is 4. The summed E-state index contributed by atoms with van der Waals surface area (Å²) in [5, 5.41) is 0. The molecule has 0 radical (unpaired) electrons. The first-order valence-corrected chi connectivity index (χ1v) is 9.52. The number of thioether (sulfide) groups is 1. The van der Waals surface area contributed by atoms with Crippen molar-refractivity contribution in [3.05, 3.63) is 24.5 Å². The van der Waals surface area contributed by atoms with Crippen LogP contribution in [-0.4, -0.2) is 53.6 Å². The minimum Gasteiger partial charge on any atom is -0.469 e. The van der Waals surface area contributed by atoms with Gasteiger partial charge in [-0.15, -0.1) is 0 Å². The van der Waals surface area contributed by atoms with Crippen molar-refractivity contribution in [2.75, 3.05) is 32.2 Å². The van der Waals surface area contributed by atoms with E-state index in [0.29, 0.717) is 12.3 Å². The fraction of sp³-hybridized carbons (Fsp3) is 0.647. The number of methoxy groups -OCH3 is 1. The summed E-state index contributed by atoms with van der Waals surface area (Å²) in [5.74, 6) is 1.35. The molecular weight excluding hydrogens is 312 g/mol. The summed E-state index contributed by atoms with van der Waals surface area (Å²) in [4.78, 5) is 26.2. The van der Waals surface area contributed by atoms with E-state index in [1.165, 1.54) is 7.11 Å². The first kappa shape index (κ1) is 17.9. The van der Waals surface area contributed by atoms with Gasteiger partial charge in [0.15, 0.2) is 0 Å². The van der Waals surface area contributed by atoms with Gasteiger partial charge in [0.1, 0.15) is 6.04 Å². The molecule has 0 N–H and O–H groups in total. The molecule has 0 aliphatic carbocycles. The number of amides is 1. The van der Waals surface area contributed by atoms with Crippen LogP contribution in [-0.2, 0) is 14.3 Å². The number of likely N-dealkylation sites (tertiary alicyclic amines) is 1. The minimum absolute atomic E-state index is 0.116. The molecule has 2 rings (SSSR count). The van der Waals surface area contributed by atoms with Gasteiger partial charge in [0.2, 0.25) is 5.91 Å². The minimum atomic E-state index is -0.153. The average Bonchev–Trinajstić information content (AvgIpc) is 3.10. The summed E-state index contributed by atoms with van der Waals surface area (Å²) < 4.78 is 6.75. The van der Waals surface area contributed by atoms with E-state index in [1.807, 2.05) is 34.0 Å². The maximum Gasteiger partial charge on any atom is 0.305 e.